The summed E-state index contributed by atoms with van der Waals surface area (Å²) in [5.74, 6) is 0.437. The van der Waals surface area contributed by atoms with Gasteiger partial charge in [0, 0.05) is 17.8 Å². The predicted molar refractivity (Wildman–Crippen MR) is 112 cm³/mol. The molecule has 0 radical (unpaired) electrons. The van der Waals surface area contributed by atoms with Gasteiger partial charge in [0.2, 0.25) is 5.91 Å². The highest BCUT2D eigenvalue weighted by Gasteiger charge is 2.32. The van der Waals surface area contributed by atoms with E-state index in [9.17, 15) is 9.59 Å². The smallest absolute Gasteiger partial charge is 0.271 e. The molecule has 5 nitrogen and oxygen atoms in total. The van der Waals surface area contributed by atoms with Crippen molar-refractivity contribution in [3.8, 4) is 0 Å². The molecule has 2 aromatic carbocycles. The van der Waals surface area contributed by atoms with Gasteiger partial charge in [-0.1, -0.05) is 42.5 Å². The number of carbonyl (C=O) groups is 2. The van der Waals surface area contributed by atoms with E-state index in [-0.39, 0.29) is 17.2 Å². The van der Waals surface area contributed by atoms with Gasteiger partial charge in [0.05, 0.1) is 5.75 Å². The maximum Gasteiger partial charge on any atom is 0.271 e. The minimum atomic E-state index is -0.192. The lowest BCUT2D eigenvalue weighted by atomic mass is 10.1. The highest BCUT2D eigenvalue weighted by atomic mass is 32.2. The van der Waals surface area contributed by atoms with Crippen LogP contribution in [0.25, 0.3) is 0 Å². The predicted octanol–water partition coefficient (Wildman–Crippen LogP) is 4.12. The van der Waals surface area contributed by atoms with Gasteiger partial charge in [0.1, 0.15) is 5.37 Å². The molecule has 0 bridgehead atoms. The van der Waals surface area contributed by atoms with Crippen molar-refractivity contribution in [2.75, 3.05) is 5.75 Å². The van der Waals surface area contributed by atoms with E-state index in [0.29, 0.717) is 17.9 Å². The number of nitrogens with zero attached hydrogens (tertiary/aromatic N) is 2. The number of hydrogen-bond donors (Lipinski definition) is 1. The maximum absolute atomic E-state index is 12.4. The topological polar surface area (TPSA) is 61.8 Å². The van der Waals surface area contributed by atoms with Crippen molar-refractivity contribution in [1.29, 1.82) is 0 Å². The summed E-state index contributed by atoms with van der Waals surface area (Å²) < 4.78 is 0. The van der Waals surface area contributed by atoms with Gasteiger partial charge in [-0.05, 0) is 48.9 Å². The van der Waals surface area contributed by atoms with Gasteiger partial charge < -0.3 is 4.90 Å². The molecule has 4 rings (SSSR count). The zero-order chi connectivity index (χ0) is 19.3. The second kappa shape index (κ2) is 8.61. The summed E-state index contributed by atoms with van der Waals surface area (Å²) in [5.41, 5.74) is 6.46. The highest BCUT2D eigenvalue weighted by molar-refractivity contribution is 8.00. The minimum absolute atomic E-state index is 0.0245. The number of thioether (sulfide) groups is 1. The van der Waals surface area contributed by atoms with Gasteiger partial charge in [-0.15, -0.1) is 11.8 Å². The molecule has 1 aliphatic carbocycles. The fourth-order valence-corrected chi connectivity index (χ4v) is 4.76. The molecule has 1 atom stereocenters. The largest absolute Gasteiger partial charge is 0.322 e. The van der Waals surface area contributed by atoms with Gasteiger partial charge >= 0.3 is 0 Å². The zero-order valence-electron chi connectivity index (χ0n) is 15.6. The molecule has 2 fully saturated rings. The minimum Gasteiger partial charge on any atom is -0.322 e. The SMILES string of the molecule is O=C(NN=C1CCCC1)c1ccc([C@@H]2SCC(=O)N2Cc2ccccc2)cc1. The van der Waals surface area contributed by atoms with E-state index in [0.717, 1.165) is 42.5 Å². The van der Waals surface area contributed by atoms with Crippen molar-refractivity contribution in [2.24, 2.45) is 5.10 Å². The standard InChI is InChI=1S/C22H23N3O2S/c26-20-15-28-22(25(20)14-16-6-2-1-3-7-16)18-12-10-17(11-13-18)21(27)24-23-19-8-4-5-9-19/h1-3,6-7,10-13,22H,4-5,8-9,14-15H2,(H,24,27)/t22-/m0/s1. The molecular formula is C22H23N3O2S. The fourth-order valence-electron chi connectivity index (χ4n) is 3.57. The van der Waals surface area contributed by atoms with Gasteiger partial charge in [0.25, 0.3) is 5.91 Å². The zero-order valence-corrected chi connectivity index (χ0v) is 16.5. The van der Waals surface area contributed by atoms with Crippen LogP contribution in [0.4, 0.5) is 0 Å². The first-order valence-electron chi connectivity index (χ1n) is 9.61. The van der Waals surface area contributed by atoms with Crippen molar-refractivity contribution in [2.45, 2.75) is 37.6 Å². The average molecular weight is 394 g/mol. The third-order valence-corrected chi connectivity index (χ3v) is 6.37. The first-order valence-corrected chi connectivity index (χ1v) is 10.7. The second-order valence-electron chi connectivity index (χ2n) is 7.12. The summed E-state index contributed by atoms with van der Waals surface area (Å²) in [6.07, 6.45) is 4.26. The molecule has 0 spiro atoms. The number of benzene rings is 2. The Labute approximate surface area is 169 Å². The van der Waals surface area contributed by atoms with Crippen LogP contribution in [0.5, 0.6) is 0 Å². The van der Waals surface area contributed by atoms with Crippen molar-refractivity contribution in [1.82, 2.24) is 10.3 Å². The summed E-state index contributed by atoms with van der Waals surface area (Å²) >= 11 is 1.63. The summed E-state index contributed by atoms with van der Waals surface area (Å²) in [6, 6.07) is 17.5. The lowest BCUT2D eigenvalue weighted by Gasteiger charge is -2.24. The van der Waals surface area contributed by atoms with Crippen LogP contribution in [0.3, 0.4) is 0 Å². The molecule has 1 heterocycles. The van der Waals surface area contributed by atoms with Crippen LogP contribution < -0.4 is 5.43 Å². The van der Waals surface area contributed by atoms with Gasteiger partial charge in [0.15, 0.2) is 0 Å². The van der Waals surface area contributed by atoms with Crippen LogP contribution in [0.15, 0.2) is 59.7 Å². The van der Waals surface area contributed by atoms with Crippen molar-refractivity contribution < 1.29 is 9.59 Å². The molecule has 1 saturated carbocycles. The van der Waals surface area contributed by atoms with E-state index in [1.54, 1.807) is 11.8 Å². The van der Waals surface area contributed by atoms with E-state index < -0.39 is 0 Å². The number of hydrazone groups is 1. The molecule has 2 aromatic rings. The molecular weight excluding hydrogens is 370 g/mol. The average Bonchev–Trinajstić information content (AvgIpc) is 3.38. The molecule has 1 N–H and O–H groups in total. The number of amides is 2. The number of carbonyl (C=O) groups excluding carboxylic acids is 2. The van der Waals surface area contributed by atoms with E-state index >= 15 is 0 Å². The second-order valence-corrected chi connectivity index (χ2v) is 8.19. The molecule has 0 aromatic heterocycles. The maximum atomic E-state index is 12.4. The van der Waals surface area contributed by atoms with Gasteiger partial charge in [-0.25, -0.2) is 5.43 Å². The van der Waals surface area contributed by atoms with Crippen molar-refractivity contribution >= 4 is 29.3 Å². The number of hydrogen-bond acceptors (Lipinski definition) is 4. The van der Waals surface area contributed by atoms with Crippen LogP contribution >= 0.6 is 11.8 Å². The molecule has 0 unspecified atom stereocenters. The van der Waals surface area contributed by atoms with E-state index in [1.165, 1.54) is 0 Å². The normalized spacial score (nSPS) is 19.1. The lowest BCUT2D eigenvalue weighted by Crippen LogP contribution is -2.27. The van der Waals surface area contributed by atoms with Crippen LogP contribution in [-0.4, -0.2) is 28.2 Å². The Morgan fingerprint density at radius 2 is 1.79 bits per heavy atom. The van der Waals surface area contributed by atoms with E-state index in [4.69, 9.17) is 0 Å². The molecule has 2 amide bonds. The fraction of sp³-hybridized carbons (Fsp3) is 0.318. The summed E-state index contributed by atoms with van der Waals surface area (Å²) in [6.45, 7) is 0.594. The Morgan fingerprint density at radius 1 is 1.07 bits per heavy atom. The molecule has 6 heteroatoms. The van der Waals surface area contributed by atoms with Crippen molar-refractivity contribution in [3.05, 3.63) is 71.3 Å². The Bertz CT molecular complexity index is 872. The molecule has 2 aliphatic rings. The Balaban J connectivity index is 1.44. The molecule has 28 heavy (non-hydrogen) atoms. The summed E-state index contributed by atoms with van der Waals surface area (Å²) in [4.78, 5) is 26.6. The van der Waals surface area contributed by atoms with E-state index in [2.05, 4.69) is 10.5 Å². The Hall–Kier alpha value is -2.60. The quantitative estimate of drug-likeness (QED) is 0.777. The molecule has 1 aliphatic heterocycles. The molecule has 1 saturated heterocycles. The first kappa shape index (κ1) is 18.7. The third-order valence-electron chi connectivity index (χ3n) is 5.12. The third kappa shape index (κ3) is 4.28. The highest BCUT2D eigenvalue weighted by Crippen LogP contribution is 2.39. The Morgan fingerprint density at radius 3 is 2.50 bits per heavy atom. The van der Waals surface area contributed by atoms with Gasteiger partial charge in [-0.2, -0.15) is 5.10 Å². The summed E-state index contributed by atoms with van der Waals surface area (Å²) in [7, 11) is 0. The first-order chi connectivity index (χ1) is 13.7. The molecule has 144 valence electrons. The van der Waals surface area contributed by atoms with Crippen LogP contribution in [0, 0.1) is 0 Å². The van der Waals surface area contributed by atoms with E-state index in [1.807, 2.05) is 59.5 Å². The van der Waals surface area contributed by atoms with Gasteiger partial charge in [-0.3, -0.25) is 9.59 Å². The summed E-state index contributed by atoms with van der Waals surface area (Å²) in [5, 5.41) is 4.20. The Kier molecular flexibility index (Phi) is 5.76. The number of rotatable bonds is 5. The lowest BCUT2D eigenvalue weighted by molar-refractivity contribution is -0.128. The van der Waals surface area contributed by atoms with Crippen LogP contribution in [-0.2, 0) is 11.3 Å². The van der Waals surface area contributed by atoms with Crippen LogP contribution in [0.1, 0.15) is 52.5 Å². The van der Waals surface area contributed by atoms with Crippen LogP contribution in [0.2, 0.25) is 0 Å². The monoisotopic (exact) mass is 393 g/mol. The number of nitrogens with one attached hydrogen (secondary N) is 1. The van der Waals surface area contributed by atoms with Crippen molar-refractivity contribution in [3.63, 3.8) is 0 Å².